The van der Waals surface area contributed by atoms with E-state index in [-0.39, 0.29) is 11.8 Å². The first-order valence-electron chi connectivity index (χ1n) is 9.48. The lowest BCUT2D eigenvalue weighted by Gasteiger charge is -2.47. The van der Waals surface area contributed by atoms with E-state index < -0.39 is 11.6 Å². The molecule has 146 valence electrons. The lowest BCUT2D eigenvalue weighted by Crippen LogP contribution is -2.67. The van der Waals surface area contributed by atoms with Crippen molar-refractivity contribution in [2.75, 3.05) is 46.1 Å². The zero-order chi connectivity index (χ0) is 19.0. The fraction of sp³-hybridized carbons (Fsp3) is 0.600. The molecule has 3 aliphatic heterocycles. The van der Waals surface area contributed by atoms with Gasteiger partial charge in [-0.25, -0.2) is 0 Å². The summed E-state index contributed by atoms with van der Waals surface area (Å²) >= 11 is 0. The molecule has 27 heavy (non-hydrogen) atoms. The van der Waals surface area contributed by atoms with Gasteiger partial charge in [0.05, 0.1) is 26.4 Å². The Balaban J connectivity index is 1.58. The molecular weight excluding hydrogens is 348 g/mol. The highest BCUT2D eigenvalue weighted by Crippen LogP contribution is 2.34. The number of aryl methyl sites for hydroxylation is 1. The second kappa shape index (κ2) is 7.13. The Bertz CT molecular complexity index is 752. The van der Waals surface area contributed by atoms with E-state index in [1.165, 1.54) is 0 Å². The van der Waals surface area contributed by atoms with Crippen LogP contribution in [0.25, 0.3) is 0 Å². The minimum atomic E-state index is -0.662. The summed E-state index contributed by atoms with van der Waals surface area (Å²) in [6.07, 6.45) is 0.0331. The van der Waals surface area contributed by atoms with Crippen LogP contribution in [0.15, 0.2) is 18.2 Å². The summed E-state index contributed by atoms with van der Waals surface area (Å²) in [5.41, 5.74) is 1.45. The van der Waals surface area contributed by atoms with Gasteiger partial charge in [0.25, 0.3) is 5.91 Å². The van der Waals surface area contributed by atoms with Crippen LogP contribution in [-0.4, -0.2) is 79.3 Å². The molecule has 2 atom stereocenters. The summed E-state index contributed by atoms with van der Waals surface area (Å²) in [5.74, 6) is 0.751. The SMILES string of the molecule is CC(=O)N1CCOCC2(COCCN2C(=O)C2Cc3cccc(C)c3O2)C1. The molecule has 3 aliphatic rings. The normalized spacial score (nSPS) is 27.9. The van der Waals surface area contributed by atoms with Gasteiger partial charge in [0.15, 0.2) is 6.10 Å². The Kier molecular flexibility index (Phi) is 4.82. The number of carbonyl (C=O) groups is 2. The summed E-state index contributed by atoms with van der Waals surface area (Å²) in [4.78, 5) is 29.0. The predicted molar refractivity (Wildman–Crippen MR) is 97.6 cm³/mol. The number of rotatable bonds is 1. The van der Waals surface area contributed by atoms with E-state index in [0.717, 1.165) is 16.9 Å². The van der Waals surface area contributed by atoms with Crippen LogP contribution in [0.5, 0.6) is 5.75 Å². The molecular formula is C20H26N2O5. The highest BCUT2D eigenvalue weighted by atomic mass is 16.5. The quantitative estimate of drug-likeness (QED) is 0.727. The van der Waals surface area contributed by atoms with Gasteiger partial charge in [0.2, 0.25) is 5.91 Å². The average Bonchev–Trinajstić information content (AvgIpc) is 2.99. The number of nitrogens with zero attached hydrogens (tertiary/aromatic N) is 2. The minimum Gasteiger partial charge on any atom is -0.480 e. The molecule has 2 saturated heterocycles. The topological polar surface area (TPSA) is 68.3 Å². The maximum atomic E-state index is 13.4. The third-order valence-electron chi connectivity index (χ3n) is 5.71. The zero-order valence-corrected chi connectivity index (χ0v) is 15.9. The molecule has 4 rings (SSSR count). The highest BCUT2D eigenvalue weighted by molar-refractivity contribution is 5.84. The van der Waals surface area contributed by atoms with Crippen molar-refractivity contribution in [3.8, 4) is 5.75 Å². The summed E-state index contributed by atoms with van der Waals surface area (Å²) in [6.45, 7) is 6.64. The van der Waals surface area contributed by atoms with Crippen LogP contribution in [0.2, 0.25) is 0 Å². The first kappa shape index (κ1) is 18.3. The summed E-state index contributed by atoms with van der Waals surface area (Å²) in [7, 11) is 0. The lowest BCUT2D eigenvalue weighted by molar-refractivity contribution is -0.163. The number of fused-ring (bicyclic) bond motifs is 1. The Morgan fingerprint density at radius 2 is 1.89 bits per heavy atom. The number of carbonyl (C=O) groups excluding carboxylic acids is 2. The van der Waals surface area contributed by atoms with Crippen LogP contribution in [0.4, 0.5) is 0 Å². The molecule has 0 radical (unpaired) electrons. The second-order valence-corrected chi connectivity index (χ2v) is 7.63. The van der Waals surface area contributed by atoms with E-state index in [9.17, 15) is 9.59 Å². The van der Waals surface area contributed by atoms with Gasteiger partial charge in [-0.1, -0.05) is 18.2 Å². The number of hydrogen-bond acceptors (Lipinski definition) is 5. The molecule has 0 bridgehead atoms. The highest BCUT2D eigenvalue weighted by Gasteiger charge is 2.48. The maximum absolute atomic E-state index is 13.4. The van der Waals surface area contributed by atoms with Crippen molar-refractivity contribution < 1.29 is 23.8 Å². The Morgan fingerprint density at radius 1 is 1.15 bits per heavy atom. The molecule has 0 aromatic heterocycles. The smallest absolute Gasteiger partial charge is 0.264 e. The Morgan fingerprint density at radius 3 is 2.59 bits per heavy atom. The van der Waals surface area contributed by atoms with Crippen LogP contribution in [0, 0.1) is 6.92 Å². The number of amides is 2. The minimum absolute atomic E-state index is 0.0157. The van der Waals surface area contributed by atoms with Crippen molar-refractivity contribution in [2.45, 2.75) is 31.9 Å². The van der Waals surface area contributed by atoms with Crippen molar-refractivity contribution >= 4 is 11.8 Å². The van der Waals surface area contributed by atoms with Gasteiger partial charge in [0, 0.05) is 33.0 Å². The van der Waals surface area contributed by atoms with E-state index >= 15 is 0 Å². The molecule has 1 aromatic carbocycles. The second-order valence-electron chi connectivity index (χ2n) is 7.63. The molecule has 1 aromatic rings. The van der Waals surface area contributed by atoms with Gasteiger partial charge in [-0.2, -0.15) is 0 Å². The fourth-order valence-electron chi connectivity index (χ4n) is 4.25. The van der Waals surface area contributed by atoms with Crippen LogP contribution < -0.4 is 4.74 Å². The largest absolute Gasteiger partial charge is 0.480 e. The molecule has 7 nitrogen and oxygen atoms in total. The Hall–Kier alpha value is -2.12. The van der Waals surface area contributed by atoms with Gasteiger partial charge in [-0.05, 0) is 18.1 Å². The summed E-state index contributed by atoms with van der Waals surface area (Å²) in [5, 5.41) is 0. The lowest BCUT2D eigenvalue weighted by atomic mass is 9.95. The molecule has 3 heterocycles. The van der Waals surface area contributed by atoms with Crippen molar-refractivity contribution in [1.82, 2.24) is 9.80 Å². The van der Waals surface area contributed by atoms with Crippen LogP contribution >= 0.6 is 0 Å². The Labute approximate surface area is 159 Å². The van der Waals surface area contributed by atoms with Crippen LogP contribution in [-0.2, 0) is 25.5 Å². The number of ether oxygens (including phenoxy) is 3. The molecule has 2 amide bonds. The van der Waals surface area contributed by atoms with Gasteiger partial charge < -0.3 is 24.0 Å². The number of benzene rings is 1. The van der Waals surface area contributed by atoms with Gasteiger partial charge in [-0.3, -0.25) is 9.59 Å². The third-order valence-corrected chi connectivity index (χ3v) is 5.71. The predicted octanol–water partition coefficient (Wildman–Crippen LogP) is 0.775. The molecule has 0 aliphatic carbocycles. The third kappa shape index (κ3) is 3.30. The number of hydrogen-bond donors (Lipinski definition) is 0. The van der Waals surface area contributed by atoms with E-state index in [4.69, 9.17) is 14.2 Å². The van der Waals surface area contributed by atoms with E-state index in [2.05, 4.69) is 0 Å². The molecule has 7 heteroatoms. The standard InChI is InChI=1S/C20H26N2O5/c1-14-4-3-5-16-10-17(27-18(14)16)19(24)22-7-9-26-13-20(22)11-21(15(2)23)6-8-25-12-20/h3-5,17H,6-13H2,1-2H3. The van der Waals surface area contributed by atoms with E-state index in [0.29, 0.717) is 52.5 Å². The van der Waals surface area contributed by atoms with Crippen LogP contribution in [0.3, 0.4) is 0 Å². The van der Waals surface area contributed by atoms with E-state index in [1.54, 1.807) is 11.8 Å². The van der Waals surface area contributed by atoms with Crippen LogP contribution in [0.1, 0.15) is 18.1 Å². The molecule has 2 unspecified atom stereocenters. The summed E-state index contributed by atoms with van der Waals surface area (Å²) in [6, 6.07) is 5.99. The molecule has 0 N–H and O–H groups in total. The van der Waals surface area contributed by atoms with Gasteiger partial charge in [-0.15, -0.1) is 0 Å². The maximum Gasteiger partial charge on any atom is 0.264 e. The molecule has 1 spiro atoms. The summed E-state index contributed by atoms with van der Waals surface area (Å²) < 4.78 is 17.5. The van der Waals surface area contributed by atoms with Crippen molar-refractivity contribution in [3.63, 3.8) is 0 Å². The van der Waals surface area contributed by atoms with Crippen molar-refractivity contribution in [2.24, 2.45) is 0 Å². The molecule has 0 saturated carbocycles. The number of para-hydroxylation sites is 1. The number of morpholine rings is 1. The zero-order valence-electron chi connectivity index (χ0n) is 15.9. The first-order chi connectivity index (χ1) is 13.0. The van der Waals surface area contributed by atoms with Crippen molar-refractivity contribution in [3.05, 3.63) is 29.3 Å². The van der Waals surface area contributed by atoms with Crippen molar-refractivity contribution in [1.29, 1.82) is 0 Å². The fourth-order valence-corrected chi connectivity index (χ4v) is 4.25. The average molecular weight is 374 g/mol. The molecule has 2 fully saturated rings. The van der Waals surface area contributed by atoms with E-state index in [1.807, 2.05) is 30.0 Å². The van der Waals surface area contributed by atoms with Gasteiger partial charge >= 0.3 is 0 Å². The van der Waals surface area contributed by atoms with Gasteiger partial charge in [0.1, 0.15) is 11.3 Å². The first-order valence-corrected chi connectivity index (χ1v) is 9.48. The monoisotopic (exact) mass is 374 g/mol.